The number of benzene rings is 2. The summed E-state index contributed by atoms with van der Waals surface area (Å²) in [6, 6.07) is 13.6. The SMILES string of the molecule is C=C(F)C(=O)N1CCN(c2nc(OCC34CCCC3N[C@H](F)C4)nc3c2COC(c2cccc4cccc(Cl)c24)C3)C[C@@H]1CC#N. The molecule has 9 nitrogen and oxygen atoms in total. The second kappa shape index (κ2) is 12.4. The summed E-state index contributed by atoms with van der Waals surface area (Å²) in [5, 5.41) is 15.2. The number of halogens is 3. The zero-order valence-electron chi connectivity index (χ0n) is 25.4. The van der Waals surface area contributed by atoms with E-state index in [-0.39, 0.29) is 49.7 Å². The third-order valence-electron chi connectivity index (χ3n) is 10.1. The summed E-state index contributed by atoms with van der Waals surface area (Å²) in [6.45, 7) is 4.48. The van der Waals surface area contributed by atoms with Crippen molar-refractivity contribution < 1.29 is 23.0 Å². The highest BCUT2D eigenvalue weighted by molar-refractivity contribution is 6.35. The van der Waals surface area contributed by atoms with Gasteiger partial charge in [-0.25, -0.2) is 8.78 Å². The number of amides is 1. The van der Waals surface area contributed by atoms with Crippen LogP contribution in [0.15, 0.2) is 48.8 Å². The molecule has 2 aromatic carbocycles. The van der Waals surface area contributed by atoms with Crippen LogP contribution in [0.1, 0.15) is 55.0 Å². The third-order valence-corrected chi connectivity index (χ3v) is 10.4. The van der Waals surface area contributed by atoms with E-state index in [1.165, 1.54) is 4.90 Å². The van der Waals surface area contributed by atoms with E-state index in [9.17, 15) is 18.8 Å². The van der Waals surface area contributed by atoms with Crippen LogP contribution in [0.25, 0.3) is 10.8 Å². The minimum Gasteiger partial charge on any atom is -0.463 e. The Bertz CT molecular complexity index is 1730. The predicted octanol–water partition coefficient (Wildman–Crippen LogP) is 5.72. The molecule has 7 rings (SSSR count). The van der Waals surface area contributed by atoms with Gasteiger partial charge in [-0.1, -0.05) is 54.9 Å². The molecule has 2 saturated heterocycles. The highest BCUT2D eigenvalue weighted by Crippen LogP contribution is 2.47. The summed E-state index contributed by atoms with van der Waals surface area (Å²) in [4.78, 5) is 25.7. The number of hydrogen-bond acceptors (Lipinski definition) is 8. The van der Waals surface area contributed by atoms with Crippen LogP contribution < -0.4 is 15.0 Å². The van der Waals surface area contributed by atoms with Crippen molar-refractivity contribution in [3.05, 3.63) is 70.6 Å². The van der Waals surface area contributed by atoms with Gasteiger partial charge in [-0.15, -0.1) is 0 Å². The van der Waals surface area contributed by atoms with E-state index < -0.39 is 24.1 Å². The number of hydrogen-bond donors (Lipinski definition) is 1. The monoisotopic (exact) mass is 648 g/mol. The molecule has 4 aliphatic rings. The maximum atomic E-state index is 14.4. The number of rotatable bonds is 7. The smallest absolute Gasteiger partial charge is 0.318 e. The molecule has 3 unspecified atom stereocenters. The Morgan fingerprint density at radius 1 is 1.26 bits per heavy atom. The molecule has 1 amide bonds. The maximum absolute atomic E-state index is 14.4. The van der Waals surface area contributed by atoms with Gasteiger partial charge in [0.05, 0.1) is 43.5 Å². The second-order valence-corrected chi connectivity index (χ2v) is 13.2. The maximum Gasteiger partial charge on any atom is 0.318 e. The second-order valence-electron chi connectivity index (χ2n) is 12.7. The van der Waals surface area contributed by atoms with Gasteiger partial charge in [-0.2, -0.15) is 15.2 Å². The molecule has 0 spiro atoms. The average Bonchev–Trinajstić information content (AvgIpc) is 3.58. The molecular weight excluding hydrogens is 614 g/mol. The molecule has 0 bridgehead atoms. The van der Waals surface area contributed by atoms with Gasteiger partial charge in [-0.05, 0) is 29.9 Å². The number of alkyl halides is 1. The van der Waals surface area contributed by atoms with E-state index in [4.69, 9.17) is 31.0 Å². The minimum atomic E-state index is -1.06. The van der Waals surface area contributed by atoms with Crippen molar-refractivity contribution in [2.45, 2.75) is 69.6 Å². The number of ether oxygens (including phenoxy) is 2. The van der Waals surface area contributed by atoms with Gasteiger partial charge in [-0.3, -0.25) is 10.1 Å². The van der Waals surface area contributed by atoms with Crippen molar-refractivity contribution in [1.29, 1.82) is 5.26 Å². The Kier molecular flexibility index (Phi) is 8.30. The van der Waals surface area contributed by atoms with Crippen LogP contribution in [0.3, 0.4) is 0 Å². The van der Waals surface area contributed by atoms with Crippen LogP contribution in [0.2, 0.25) is 5.02 Å². The van der Waals surface area contributed by atoms with E-state index in [0.29, 0.717) is 36.8 Å². The molecule has 1 aromatic heterocycles. The lowest BCUT2D eigenvalue weighted by atomic mass is 9.83. The Hall–Kier alpha value is -3.85. The summed E-state index contributed by atoms with van der Waals surface area (Å²) in [7, 11) is 0. The van der Waals surface area contributed by atoms with Crippen LogP contribution in [0.4, 0.5) is 14.6 Å². The number of carbonyl (C=O) groups is 1. The van der Waals surface area contributed by atoms with E-state index in [1.54, 1.807) is 0 Å². The quantitative estimate of drug-likeness (QED) is 0.256. The van der Waals surface area contributed by atoms with Crippen molar-refractivity contribution in [3.63, 3.8) is 0 Å². The summed E-state index contributed by atoms with van der Waals surface area (Å²) in [6.07, 6.45) is 2.24. The molecule has 240 valence electrons. The first-order valence-electron chi connectivity index (χ1n) is 15.7. The molecule has 1 N–H and O–H groups in total. The van der Waals surface area contributed by atoms with Crippen LogP contribution in [0, 0.1) is 16.7 Å². The Morgan fingerprint density at radius 3 is 2.89 bits per heavy atom. The normalized spacial score (nSPS) is 27.3. The molecule has 1 aliphatic carbocycles. The first kappa shape index (κ1) is 30.8. The van der Waals surface area contributed by atoms with E-state index >= 15 is 0 Å². The predicted molar refractivity (Wildman–Crippen MR) is 169 cm³/mol. The van der Waals surface area contributed by atoms with Crippen molar-refractivity contribution in [1.82, 2.24) is 20.2 Å². The average molecular weight is 649 g/mol. The van der Waals surface area contributed by atoms with Gasteiger partial charge in [0.2, 0.25) is 0 Å². The first-order valence-corrected chi connectivity index (χ1v) is 16.1. The van der Waals surface area contributed by atoms with Crippen molar-refractivity contribution in [3.8, 4) is 12.1 Å². The first-order chi connectivity index (χ1) is 22.3. The Balaban J connectivity index is 1.23. The van der Waals surface area contributed by atoms with Gasteiger partial charge in [0.15, 0.2) is 12.1 Å². The molecule has 12 heteroatoms. The number of nitriles is 1. The van der Waals surface area contributed by atoms with Crippen LogP contribution in [0.5, 0.6) is 6.01 Å². The van der Waals surface area contributed by atoms with E-state index in [0.717, 1.165) is 46.9 Å². The number of nitrogens with one attached hydrogen (secondary N) is 1. The molecule has 3 aliphatic heterocycles. The molecule has 5 atom stereocenters. The summed E-state index contributed by atoms with van der Waals surface area (Å²) >= 11 is 6.66. The molecule has 4 heterocycles. The number of nitrogens with zero attached hydrogens (tertiary/aromatic N) is 5. The molecule has 1 saturated carbocycles. The van der Waals surface area contributed by atoms with Crippen LogP contribution in [-0.2, 0) is 22.6 Å². The summed E-state index contributed by atoms with van der Waals surface area (Å²) < 4.78 is 41.1. The highest BCUT2D eigenvalue weighted by Gasteiger charge is 2.51. The van der Waals surface area contributed by atoms with Gasteiger partial charge in [0, 0.05) is 59.9 Å². The Labute approximate surface area is 271 Å². The van der Waals surface area contributed by atoms with Crippen LogP contribution in [-0.4, -0.2) is 65.4 Å². The third kappa shape index (κ3) is 5.57. The fraction of sp³-hybridized carbons (Fsp3) is 0.471. The number of anilines is 1. The van der Waals surface area contributed by atoms with Gasteiger partial charge >= 0.3 is 6.01 Å². The van der Waals surface area contributed by atoms with Gasteiger partial charge in [0.1, 0.15) is 5.82 Å². The molecule has 3 fully saturated rings. The van der Waals surface area contributed by atoms with E-state index in [2.05, 4.69) is 18.0 Å². The van der Waals surface area contributed by atoms with Crippen LogP contribution >= 0.6 is 11.6 Å². The molecule has 0 radical (unpaired) electrons. The topological polar surface area (TPSA) is 104 Å². The van der Waals surface area contributed by atoms with Gasteiger partial charge < -0.3 is 19.3 Å². The highest BCUT2D eigenvalue weighted by atomic mass is 35.5. The lowest BCUT2D eigenvalue weighted by Crippen LogP contribution is -2.55. The van der Waals surface area contributed by atoms with Gasteiger partial charge in [0.25, 0.3) is 5.91 Å². The van der Waals surface area contributed by atoms with Crippen molar-refractivity contribution in [2.24, 2.45) is 5.41 Å². The fourth-order valence-electron chi connectivity index (χ4n) is 7.82. The fourth-order valence-corrected chi connectivity index (χ4v) is 8.11. The molecule has 46 heavy (non-hydrogen) atoms. The number of carbonyl (C=O) groups excluding carboxylic acids is 1. The summed E-state index contributed by atoms with van der Waals surface area (Å²) in [5.74, 6) is -1.27. The molecule has 3 aromatic rings. The lowest BCUT2D eigenvalue weighted by Gasteiger charge is -2.42. The molecular formula is C34H35ClF2N6O3. The van der Waals surface area contributed by atoms with Crippen molar-refractivity contribution >= 4 is 34.1 Å². The lowest BCUT2D eigenvalue weighted by molar-refractivity contribution is -0.131. The zero-order valence-corrected chi connectivity index (χ0v) is 26.1. The number of fused-ring (bicyclic) bond motifs is 3. The van der Waals surface area contributed by atoms with E-state index in [1.807, 2.05) is 41.3 Å². The van der Waals surface area contributed by atoms with Crippen molar-refractivity contribution in [2.75, 3.05) is 31.1 Å². The number of piperazine rings is 1. The largest absolute Gasteiger partial charge is 0.463 e. The Morgan fingerprint density at radius 2 is 2.09 bits per heavy atom. The minimum absolute atomic E-state index is 0.0217. The zero-order chi connectivity index (χ0) is 32.0. The number of aromatic nitrogens is 2. The standard InChI is InChI=1S/C34H35ClF2N6O3/c1-20(36)32(44)43-14-13-42(17-22(43)10-12-38)31-24-18-45-27(23-7-2-5-21-6-3-8-25(35)30(21)23)15-26(24)39-33(41-31)46-19-34-11-4-9-28(34)40-29(37)16-34/h2-3,5-8,22,27-29,40H,1,4,9-11,13-19H2/t22-,27?,28?,29-,34?/m0/s1. The summed E-state index contributed by atoms with van der Waals surface area (Å²) in [5.41, 5.74) is 2.20.